The van der Waals surface area contributed by atoms with Crippen molar-refractivity contribution in [2.45, 2.75) is 18.1 Å². The van der Waals surface area contributed by atoms with E-state index in [1.54, 1.807) is 0 Å². The first kappa shape index (κ1) is 12.7. The van der Waals surface area contributed by atoms with Gasteiger partial charge in [0.1, 0.15) is 0 Å². The van der Waals surface area contributed by atoms with Crippen LogP contribution in [0.2, 0.25) is 0 Å². The third-order valence-corrected chi connectivity index (χ3v) is 2.90. The van der Waals surface area contributed by atoms with Crippen LogP contribution in [0, 0.1) is 0 Å². The number of hydrogen-bond donors (Lipinski definition) is 1. The first-order valence-corrected chi connectivity index (χ1v) is 5.12. The lowest BCUT2D eigenvalue weighted by Crippen LogP contribution is -2.46. The molecule has 0 saturated carbocycles. The number of hydrogen-bond acceptors (Lipinski definition) is 5. The minimum atomic E-state index is -4.89. The third-order valence-electron chi connectivity index (χ3n) is 2.90. The van der Waals surface area contributed by atoms with Crippen molar-refractivity contribution >= 4 is 5.91 Å². The van der Waals surface area contributed by atoms with E-state index in [0.717, 1.165) is 0 Å². The number of halogens is 3. The SMILES string of the molecule is Cn1nnnc1C1(N)CCN(C(=O)C(F)(F)F)C1. The van der Waals surface area contributed by atoms with Crippen molar-refractivity contribution in [2.24, 2.45) is 12.8 Å². The third kappa shape index (κ3) is 2.03. The molecule has 0 bridgehead atoms. The molecule has 1 aliphatic rings. The van der Waals surface area contributed by atoms with E-state index in [0.29, 0.717) is 4.90 Å². The maximum atomic E-state index is 12.3. The zero-order valence-electron chi connectivity index (χ0n) is 9.48. The maximum Gasteiger partial charge on any atom is 0.471 e. The largest absolute Gasteiger partial charge is 0.471 e. The Morgan fingerprint density at radius 2 is 2.17 bits per heavy atom. The highest BCUT2D eigenvalue weighted by atomic mass is 19.4. The molecular formula is C8H11F3N6O. The molecule has 1 aromatic rings. The number of nitrogens with two attached hydrogens (primary N) is 1. The number of rotatable bonds is 1. The second kappa shape index (κ2) is 3.90. The van der Waals surface area contributed by atoms with Crippen molar-refractivity contribution in [2.75, 3.05) is 13.1 Å². The molecule has 1 fully saturated rings. The van der Waals surface area contributed by atoms with Gasteiger partial charge in [0.25, 0.3) is 0 Å². The average Bonchev–Trinajstić information content (AvgIpc) is 2.83. The Hall–Kier alpha value is -1.71. The van der Waals surface area contributed by atoms with Crippen molar-refractivity contribution in [1.82, 2.24) is 25.1 Å². The van der Waals surface area contributed by atoms with E-state index in [2.05, 4.69) is 15.5 Å². The molecule has 1 amide bonds. The van der Waals surface area contributed by atoms with Crippen molar-refractivity contribution in [3.05, 3.63) is 5.82 Å². The topological polar surface area (TPSA) is 89.9 Å². The molecule has 7 nitrogen and oxygen atoms in total. The molecule has 2 heterocycles. The molecule has 1 saturated heterocycles. The van der Waals surface area contributed by atoms with Gasteiger partial charge in [0, 0.05) is 20.1 Å². The Morgan fingerprint density at radius 3 is 2.67 bits per heavy atom. The predicted molar refractivity (Wildman–Crippen MR) is 51.9 cm³/mol. The Morgan fingerprint density at radius 1 is 1.50 bits per heavy atom. The van der Waals surface area contributed by atoms with Gasteiger partial charge in [-0.05, 0) is 16.8 Å². The van der Waals surface area contributed by atoms with Gasteiger partial charge in [0.05, 0.1) is 5.54 Å². The van der Waals surface area contributed by atoms with Gasteiger partial charge in [-0.25, -0.2) is 4.68 Å². The molecule has 1 aromatic heterocycles. The van der Waals surface area contributed by atoms with Gasteiger partial charge in [-0.2, -0.15) is 13.2 Å². The normalized spacial score (nSPS) is 24.6. The molecule has 0 spiro atoms. The molecule has 0 radical (unpaired) electrons. The minimum Gasteiger partial charge on any atom is -0.332 e. The van der Waals surface area contributed by atoms with E-state index in [4.69, 9.17) is 5.73 Å². The highest BCUT2D eigenvalue weighted by Crippen LogP contribution is 2.30. The van der Waals surface area contributed by atoms with Crippen LogP contribution in [-0.4, -0.2) is 50.3 Å². The molecule has 10 heteroatoms. The molecule has 1 atom stereocenters. The van der Waals surface area contributed by atoms with Crippen LogP contribution in [0.15, 0.2) is 0 Å². The van der Waals surface area contributed by atoms with Crippen LogP contribution in [0.3, 0.4) is 0 Å². The van der Waals surface area contributed by atoms with E-state index in [1.807, 2.05) is 0 Å². The summed E-state index contributed by atoms with van der Waals surface area (Å²) in [6.45, 7) is -0.318. The maximum absolute atomic E-state index is 12.3. The molecule has 1 unspecified atom stereocenters. The van der Waals surface area contributed by atoms with Crippen LogP contribution in [-0.2, 0) is 17.4 Å². The first-order valence-electron chi connectivity index (χ1n) is 5.12. The summed E-state index contributed by atoms with van der Waals surface area (Å²) in [4.78, 5) is 11.8. The van der Waals surface area contributed by atoms with Gasteiger partial charge in [-0.15, -0.1) is 5.10 Å². The summed E-state index contributed by atoms with van der Waals surface area (Å²) in [5.41, 5.74) is 4.83. The average molecular weight is 264 g/mol. The molecule has 0 aliphatic carbocycles. The van der Waals surface area contributed by atoms with Gasteiger partial charge >= 0.3 is 12.1 Å². The fourth-order valence-corrected chi connectivity index (χ4v) is 2.02. The lowest BCUT2D eigenvalue weighted by Gasteiger charge is -2.23. The van der Waals surface area contributed by atoms with E-state index < -0.39 is 17.6 Å². The number of nitrogens with zero attached hydrogens (tertiary/aromatic N) is 5. The first-order chi connectivity index (χ1) is 8.24. The van der Waals surface area contributed by atoms with Crippen molar-refractivity contribution < 1.29 is 18.0 Å². The van der Waals surface area contributed by atoms with Crippen molar-refractivity contribution in [1.29, 1.82) is 0 Å². The van der Waals surface area contributed by atoms with Crippen LogP contribution in [0.25, 0.3) is 0 Å². The van der Waals surface area contributed by atoms with Gasteiger partial charge in [-0.3, -0.25) is 4.79 Å². The smallest absolute Gasteiger partial charge is 0.332 e. The zero-order valence-corrected chi connectivity index (χ0v) is 9.48. The highest BCUT2D eigenvalue weighted by Gasteiger charge is 2.49. The number of tetrazole rings is 1. The summed E-state index contributed by atoms with van der Waals surface area (Å²) in [5.74, 6) is -1.62. The Balaban J connectivity index is 2.18. The molecule has 18 heavy (non-hydrogen) atoms. The molecular weight excluding hydrogens is 253 g/mol. The summed E-state index contributed by atoms with van der Waals surface area (Å²) in [6.07, 6.45) is -4.70. The highest BCUT2D eigenvalue weighted by molar-refractivity contribution is 5.82. The van der Waals surface area contributed by atoms with E-state index in [-0.39, 0.29) is 25.3 Å². The Bertz CT molecular complexity index is 472. The molecule has 1 aliphatic heterocycles. The monoisotopic (exact) mass is 264 g/mol. The van der Waals surface area contributed by atoms with E-state index in [9.17, 15) is 18.0 Å². The number of carbonyl (C=O) groups is 1. The predicted octanol–water partition coefficient (Wildman–Crippen LogP) is -0.841. The van der Waals surface area contributed by atoms with Crippen LogP contribution < -0.4 is 5.73 Å². The summed E-state index contributed by atoms with van der Waals surface area (Å²) >= 11 is 0. The fourth-order valence-electron chi connectivity index (χ4n) is 2.02. The second-order valence-electron chi connectivity index (χ2n) is 4.26. The second-order valence-corrected chi connectivity index (χ2v) is 4.26. The molecule has 2 N–H and O–H groups in total. The summed E-state index contributed by atoms with van der Waals surface area (Å²) in [7, 11) is 1.54. The van der Waals surface area contributed by atoms with Gasteiger partial charge in [-0.1, -0.05) is 0 Å². The van der Waals surface area contributed by atoms with E-state index in [1.165, 1.54) is 11.7 Å². The van der Waals surface area contributed by atoms with Gasteiger partial charge in [0.2, 0.25) is 0 Å². The lowest BCUT2D eigenvalue weighted by atomic mass is 9.99. The summed E-state index contributed by atoms with van der Waals surface area (Å²) < 4.78 is 38.2. The zero-order chi connectivity index (χ0) is 13.6. The van der Waals surface area contributed by atoms with Gasteiger partial charge in [0.15, 0.2) is 5.82 Å². The Labute approximate surface area is 99.7 Å². The van der Waals surface area contributed by atoms with Crippen LogP contribution >= 0.6 is 0 Å². The number of likely N-dealkylation sites (tertiary alicyclic amines) is 1. The molecule has 2 rings (SSSR count). The summed E-state index contributed by atoms with van der Waals surface area (Å²) in [5, 5.41) is 10.6. The molecule has 0 aromatic carbocycles. The van der Waals surface area contributed by atoms with E-state index >= 15 is 0 Å². The standard InChI is InChI=1S/C8H11F3N6O/c1-16-5(13-14-15-16)7(12)2-3-17(4-7)6(18)8(9,10)11/h2-4,12H2,1H3. The van der Waals surface area contributed by atoms with Gasteiger partial charge < -0.3 is 10.6 Å². The number of alkyl halides is 3. The number of carbonyl (C=O) groups excluding carboxylic acids is 1. The van der Waals surface area contributed by atoms with Crippen LogP contribution in [0.4, 0.5) is 13.2 Å². The molecule has 100 valence electrons. The van der Waals surface area contributed by atoms with Crippen molar-refractivity contribution in [3.8, 4) is 0 Å². The lowest BCUT2D eigenvalue weighted by molar-refractivity contribution is -0.184. The quantitative estimate of drug-likeness (QED) is 0.714. The summed E-state index contributed by atoms with van der Waals surface area (Å²) in [6, 6.07) is 0. The van der Waals surface area contributed by atoms with Crippen LogP contribution in [0.1, 0.15) is 12.2 Å². The fraction of sp³-hybridized carbons (Fsp3) is 0.750. The Kier molecular flexibility index (Phi) is 2.76. The number of amides is 1. The number of aromatic nitrogens is 4. The van der Waals surface area contributed by atoms with Crippen LogP contribution in [0.5, 0.6) is 0 Å². The minimum absolute atomic E-state index is 0.0678. The number of aryl methyl sites for hydroxylation is 1. The van der Waals surface area contributed by atoms with Crippen molar-refractivity contribution in [3.63, 3.8) is 0 Å².